The van der Waals surface area contributed by atoms with E-state index in [0.29, 0.717) is 22.5 Å². The highest BCUT2D eigenvalue weighted by molar-refractivity contribution is 7.98. The smallest absolute Gasteiger partial charge is 0.336 e. The van der Waals surface area contributed by atoms with E-state index in [1.54, 1.807) is 49.9 Å². The average Bonchev–Trinajstić information content (AvgIpc) is 2.86. The number of alkyl halides is 1. The quantitative estimate of drug-likeness (QED) is 0.320. The van der Waals surface area contributed by atoms with Gasteiger partial charge in [0, 0.05) is 16.5 Å². The number of allylic oxidation sites excluding steroid dienone is 1. The van der Waals surface area contributed by atoms with Crippen LogP contribution in [0.2, 0.25) is 0 Å². The second-order valence-electron chi connectivity index (χ2n) is 8.01. The molecule has 0 amide bonds. The fourth-order valence-corrected chi connectivity index (χ4v) is 4.76. The monoisotopic (exact) mass is 483 g/mol. The predicted molar refractivity (Wildman–Crippen MR) is 133 cm³/mol. The number of carbonyl (C=O) groups is 2. The van der Waals surface area contributed by atoms with Crippen molar-refractivity contribution >= 4 is 29.4 Å². The van der Waals surface area contributed by atoms with Gasteiger partial charge >= 0.3 is 11.9 Å². The molecule has 7 heteroatoms. The van der Waals surface area contributed by atoms with Crippen LogP contribution in [0.3, 0.4) is 0 Å². The van der Waals surface area contributed by atoms with Crippen LogP contribution < -0.4 is 0 Å². The van der Waals surface area contributed by atoms with Crippen LogP contribution in [0.25, 0.3) is 0 Å². The van der Waals surface area contributed by atoms with Crippen LogP contribution >= 0.6 is 11.8 Å². The van der Waals surface area contributed by atoms with Crippen LogP contribution in [0.15, 0.2) is 75.8 Å². The molecule has 0 spiro atoms. The summed E-state index contributed by atoms with van der Waals surface area (Å²) in [6.07, 6.45) is 1.14. The molecule has 0 aromatic heterocycles. The Kier molecular flexibility index (Phi) is 9.05. The molecule has 1 heterocycles. The molecule has 34 heavy (non-hydrogen) atoms. The number of rotatable bonds is 9. The van der Waals surface area contributed by atoms with E-state index in [1.807, 2.05) is 36.6 Å². The van der Waals surface area contributed by atoms with Gasteiger partial charge in [-0.3, -0.25) is 9.79 Å². The third-order valence-electron chi connectivity index (χ3n) is 5.92. The molecule has 0 N–H and O–H groups in total. The first-order valence-electron chi connectivity index (χ1n) is 11.3. The number of methoxy groups -OCH3 is 1. The number of nitrogens with zero attached hydrogens (tertiary/aromatic N) is 1. The Morgan fingerprint density at radius 1 is 1.15 bits per heavy atom. The first kappa shape index (κ1) is 25.7. The lowest BCUT2D eigenvalue weighted by molar-refractivity contribution is -0.144. The predicted octanol–water partition coefficient (Wildman–Crippen LogP) is 6.06. The minimum absolute atomic E-state index is 0.152. The third-order valence-corrected chi connectivity index (χ3v) is 6.64. The van der Waals surface area contributed by atoms with Gasteiger partial charge in [0.2, 0.25) is 0 Å². The minimum Gasteiger partial charge on any atom is -0.468 e. The summed E-state index contributed by atoms with van der Waals surface area (Å²) in [4.78, 5) is 31.7. The Labute approximate surface area is 204 Å². The first-order chi connectivity index (χ1) is 16.4. The zero-order valence-corrected chi connectivity index (χ0v) is 20.7. The van der Waals surface area contributed by atoms with Gasteiger partial charge in [0.25, 0.3) is 0 Å². The van der Waals surface area contributed by atoms with Crippen molar-refractivity contribution < 1.29 is 23.5 Å². The van der Waals surface area contributed by atoms with E-state index >= 15 is 0 Å². The summed E-state index contributed by atoms with van der Waals surface area (Å²) < 4.78 is 25.5. The molecule has 1 aliphatic heterocycles. The highest BCUT2D eigenvalue weighted by Crippen LogP contribution is 2.42. The minimum atomic E-state index is -1.20. The highest BCUT2D eigenvalue weighted by atomic mass is 32.2. The number of aliphatic imine (C=N–C) groups is 1. The average molecular weight is 484 g/mol. The fraction of sp³-hybridized carbons (Fsp3) is 0.370. The van der Waals surface area contributed by atoms with Gasteiger partial charge in [-0.15, -0.1) is 11.8 Å². The van der Waals surface area contributed by atoms with Crippen molar-refractivity contribution in [1.82, 2.24) is 0 Å². The van der Waals surface area contributed by atoms with Gasteiger partial charge in [-0.1, -0.05) is 42.5 Å². The normalized spacial score (nSPS) is 18.8. The summed E-state index contributed by atoms with van der Waals surface area (Å²) >= 11 is 1.57. The number of esters is 2. The molecule has 3 atom stereocenters. The second kappa shape index (κ2) is 12.0. The Bertz CT molecular complexity index is 1080. The molecule has 0 aliphatic carbocycles. The van der Waals surface area contributed by atoms with Gasteiger partial charge in [-0.05, 0) is 56.2 Å². The van der Waals surface area contributed by atoms with Crippen molar-refractivity contribution in [3.05, 3.63) is 77.0 Å². The molecule has 0 radical (unpaired) electrons. The standard InChI is InChI=1S/C27H30FNO4S/c1-5-33-27(31)25-22(15-14-21(28)18-10-7-6-8-11-18)29-17(2)23(26(30)32-3)24(25)19-12-9-13-20(16-19)34-4/h6-13,16,21,23-24H,5,14-15H2,1-4H3. The highest BCUT2D eigenvalue weighted by Gasteiger charge is 2.43. The fourth-order valence-electron chi connectivity index (χ4n) is 4.29. The van der Waals surface area contributed by atoms with Crippen molar-refractivity contribution in [3.8, 4) is 0 Å². The maximum Gasteiger partial charge on any atom is 0.336 e. The van der Waals surface area contributed by atoms with Crippen LogP contribution in [0.4, 0.5) is 4.39 Å². The topological polar surface area (TPSA) is 65.0 Å². The zero-order chi connectivity index (χ0) is 24.7. The van der Waals surface area contributed by atoms with Crippen molar-refractivity contribution in [2.75, 3.05) is 20.0 Å². The summed E-state index contributed by atoms with van der Waals surface area (Å²) in [6.45, 7) is 3.65. The summed E-state index contributed by atoms with van der Waals surface area (Å²) in [5, 5.41) is 0. The lowest BCUT2D eigenvalue weighted by atomic mass is 9.75. The van der Waals surface area contributed by atoms with Gasteiger partial charge in [0.15, 0.2) is 0 Å². The van der Waals surface area contributed by atoms with Gasteiger partial charge in [-0.2, -0.15) is 0 Å². The molecular weight excluding hydrogens is 453 g/mol. The maximum absolute atomic E-state index is 15.0. The van der Waals surface area contributed by atoms with Crippen LogP contribution in [0.1, 0.15) is 49.9 Å². The molecule has 3 unspecified atom stereocenters. The Morgan fingerprint density at radius 2 is 1.88 bits per heavy atom. The molecule has 1 aliphatic rings. The SMILES string of the molecule is CCOC(=O)C1=C(CCC(F)c2ccccc2)N=C(C)C(C(=O)OC)C1c1cccc(SC)c1. The number of carbonyl (C=O) groups excluding carboxylic acids is 2. The van der Waals surface area contributed by atoms with Crippen molar-refractivity contribution in [2.45, 2.75) is 43.7 Å². The number of halogens is 1. The van der Waals surface area contributed by atoms with Crippen molar-refractivity contribution in [2.24, 2.45) is 10.9 Å². The Morgan fingerprint density at radius 3 is 2.53 bits per heavy atom. The summed E-state index contributed by atoms with van der Waals surface area (Å²) in [5.41, 5.74) is 2.64. The largest absolute Gasteiger partial charge is 0.468 e. The number of hydrogen-bond donors (Lipinski definition) is 0. The number of hydrogen-bond acceptors (Lipinski definition) is 6. The van der Waals surface area contributed by atoms with Crippen LogP contribution in [-0.4, -0.2) is 37.6 Å². The van der Waals surface area contributed by atoms with Crippen molar-refractivity contribution in [3.63, 3.8) is 0 Å². The molecule has 3 rings (SSSR count). The molecular formula is C27H30FNO4S. The zero-order valence-electron chi connectivity index (χ0n) is 19.9. The molecule has 0 saturated heterocycles. The van der Waals surface area contributed by atoms with E-state index in [-0.39, 0.29) is 19.4 Å². The van der Waals surface area contributed by atoms with Crippen LogP contribution in [-0.2, 0) is 19.1 Å². The summed E-state index contributed by atoms with van der Waals surface area (Å²) in [6, 6.07) is 16.6. The maximum atomic E-state index is 15.0. The first-order valence-corrected chi connectivity index (χ1v) is 12.5. The van der Waals surface area contributed by atoms with E-state index in [0.717, 1.165) is 10.5 Å². The molecule has 5 nitrogen and oxygen atoms in total. The van der Waals surface area contributed by atoms with E-state index in [1.165, 1.54) is 7.11 Å². The Balaban J connectivity index is 2.09. The number of ether oxygens (including phenoxy) is 2. The van der Waals surface area contributed by atoms with Gasteiger partial charge in [-0.25, -0.2) is 9.18 Å². The summed E-state index contributed by atoms with van der Waals surface area (Å²) in [5.74, 6) is -2.44. The van der Waals surface area contributed by atoms with E-state index in [9.17, 15) is 14.0 Å². The van der Waals surface area contributed by atoms with Crippen LogP contribution in [0, 0.1) is 5.92 Å². The molecule has 0 bridgehead atoms. The van der Waals surface area contributed by atoms with E-state index < -0.39 is 29.9 Å². The van der Waals surface area contributed by atoms with Gasteiger partial charge in [0.05, 0.1) is 25.0 Å². The van der Waals surface area contributed by atoms with E-state index in [4.69, 9.17) is 9.47 Å². The van der Waals surface area contributed by atoms with Gasteiger partial charge in [0.1, 0.15) is 12.1 Å². The van der Waals surface area contributed by atoms with E-state index in [2.05, 4.69) is 4.99 Å². The van der Waals surface area contributed by atoms with Crippen LogP contribution in [0.5, 0.6) is 0 Å². The third kappa shape index (κ3) is 5.76. The Hall–Kier alpha value is -2.93. The lowest BCUT2D eigenvalue weighted by Crippen LogP contribution is -2.36. The second-order valence-corrected chi connectivity index (χ2v) is 8.89. The molecule has 2 aromatic carbocycles. The molecule has 2 aromatic rings. The summed E-state index contributed by atoms with van der Waals surface area (Å²) in [7, 11) is 1.32. The number of thioether (sulfide) groups is 1. The molecule has 180 valence electrons. The number of benzene rings is 2. The van der Waals surface area contributed by atoms with Crippen molar-refractivity contribution in [1.29, 1.82) is 0 Å². The molecule has 0 fully saturated rings. The molecule has 0 saturated carbocycles. The lowest BCUT2D eigenvalue weighted by Gasteiger charge is -2.32. The van der Waals surface area contributed by atoms with Gasteiger partial charge < -0.3 is 9.47 Å².